The van der Waals surface area contributed by atoms with Gasteiger partial charge in [-0.25, -0.2) is 0 Å². The van der Waals surface area contributed by atoms with Gasteiger partial charge in [0.15, 0.2) is 17.5 Å². The van der Waals surface area contributed by atoms with Crippen molar-refractivity contribution in [3.63, 3.8) is 0 Å². The zero-order valence-corrected chi connectivity index (χ0v) is 16.9. The number of nitrogens with one attached hydrogen (secondary N) is 2. The highest BCUT2D eigenvalue weighted by Crippen LogP contribution is 2.26. The topological polar surface area (TPSA) is 58.1 Å². The van der Waals surface area contributed by atoms with Crippen molar-refractivity contribution in [1.29, 1.82) is 0 Å². The Balaban J connectivity index is 1.46. The molecule has 2 aromatic rings. The zero-order chi connectivity index (χ0) is 19.8. The number of nitrogens with zero attached hydrogens (tertiary/aromatic N) is 2. The van der Waals surface area contributed by atoms with Crippen molar-refractivity contribution in [2.45, 2.75) is 25.5 Å². The lowest BCUT2D eigenvalue weighted by atomic mass is 10.2. The molecular weight excluding hydrogens is 352 g/mol. The van der Waals surface area contributed by atoms with E-state index in [1.807, 2.05) is 31.2 Å². The summed E-state index contributed by atoms with van der Waals surface area (Å²) >= 11 is 0. The van der Waals surface area contributed by atoms with Crippen LogP contribution in [0.1, 0.15) is 13.3 Å². The van der Waals surface area contributed by atoms with E-state index in [0.29, 0.717) is 12.6 Å². The molecule has 1 aliphatic rings. The molecule has 1 saturated heterocycles. The standard InChI is InChI=1S/C22H30N4O2/c1-17(28-21-12-8-7-11-20(21)27-3)15-24-22(23-2)25-18-13-14-26(16-18)19-9-5-4-6-10-19/h4-12,17-18H,13-16H2,1-3H3,(H2,23,24,25). The van der Waals surface area contributed by atoms with Crippen molar-refractivity contribution in [3.05, 3.63) is 54.6 Å². The van der Waals surface area contributed by atoms with Crippen LogP contribution in [0.5, 0.6) is 11.5 Å². The number of anilines is 1. The van der Waals surface area contributed by atoms with Gasteiger partial charge in [-0.05, 0) is 37.6 Å². The number of hydrogen-bond donors (Lipinski definition) is 2. The van der Waals surface area contributed by atoms with Gasteiger partial charge in [0, 0.05) is 31.9 Å². The zero-order valence-electron chi connectivity index (χ0n) is 16.9. The molecule has 0 aliphatic carbocycles. The average molecular weight is 383 g/mol. The van der Waals surface area contributed by atoms with Gasteiger partial charge in [-0.15, -0.1) is 0 Å². The summed E-state index contributed by atoms with van der Waals surface area (Å²) in [7, 11) is 3.45. The van der Waals surface area contributed by atoms with Crippen molar-refractivity contribution in [3.8, 4) is 11.5 Å². The fourth-order valence-electron chi connectivity index (χ4n) is 3.35. The number of hydrogen-bond acceptors (Lipinski definition) is 4. The number of rotatable bonds is 7. The molecule has 6 nitrogen and oxygen atoms in total. The number of para-hydroxylation sites is 3. The fraction of sp³-hybridized carbons (Fsp3) is 0.409. The molecule has 1 heterocycles. The maximum atomic E-state index is 6.00. The third-order valence-corrected chi connectivity index (χ3v) is 4.83. The third kappa shape index (κ3) is 5.31. The van der Waals surface area contributed by atoms with Crippen LogP contribution in [0.25, 0.3) is 0 Å². The summed E-state index contributed by atoms with van der Waals surface area (Å²) in [6.07, 6.45) is 1.06. The summed E-state index contributed by atoms with van der Waals surface area (Å²) in [5, 5.41) is 6.89. The van der Waals surface area contributed by atoms with Crippen molar-refractivity contribution in [1.82, 2.24) is 10.6 Å². The van der Waals surface area contributed by atoms with Crippen LogP contribution in [0.4, 0.5) is 5.69 Å². The molecule has 28 heavy (non-hydrogen) atoms. The summed E-state index contributed by atoms with van der Waals surface area (Å²) in [6, 6.07) is 18.6. The molecule has 1 aliphatic heterocycles. The van der Waals surface area contributed by atoms with Crippen molar-refractivity contribution in [2.24, 2.45) is 4.99 Å². The molecule has 0 aromatic heterocycles. The van der Waals surface area contributed by atoms with Crippen LogP contribution in [-0.2, 0) is 0 Å². The van der Waals surface area contributed by atoms with Crippen LogP contribution in [0.3, 0.4) is 0 Å². The lowest BCUT2D eigenvalue weighted by molar-refractivity contribution is 0.213. The van der Waals surface area contributed by atoms with Crippen LogP contribution in [0.15, 0.2) is 59.6 Å². The Hall–Kier alpha value is -2.89. The Morgan fingerprint density at radius 1 is 1.14 bits per heavy atom. The minimum Gasteiger partial charge on any atom is -0.493 e. The molecule has 3 rings (SSSR count). The summed E-state index contributed by atoms with van der Waals surface area (Å²) < 4.78 is 11.3. The summed E-state index contributed by atoms with van der Waals surface area (Å²) in [6.45, 7) is 4.69. The van der Waals surface area contributed by atoms with Gasteiger partial charge in [-0.2, -0.15) is 0 Å². The third-order valence-electron chi connectivity index (χ3n) is 4.83. The van der Waals surface area contributed by atoms with Gasteiger partial charge in [0.1, 0.15) is 6.10 Å². The van der Waals surface area contributed by atoms with E-state index >= 15 is 0 Å². The lowest BCUT2D eigenvalue weighted by Crippen LogP contribution is -2.47. The Morgan fingerprint density at radius 3 is 2.57 bits per heavy atom. The predicted octanol–water partition coefficient (Wildman–Crippen LogP) is 2.91. The molecule has 2 aromatic carbocycles. The predicted molar refractivity (Wildman–Crippen MR) is 115 cm³/mol. The quantitative estimate of drug-likeness (QED) is 0.570. The first-order valence-corrected chi connectivity index (χ1v) is 9.76. The smallest absolute Gasteiger partial charge is 0.191 e. The number of ether oxygens (including phenoxy) is 2. The summed E-state index contributed by atoms with van der Waals surface area (Å²) in [4.78, 5) is 6.76. The minimum atomic E-state index is -0.0285. The van der Waals surface area contributed by atoms with E-state index in [0.717, 1.165) is 37.0 Å². The Bertz CT molecular complexity index is 766. The van der Waals surface area contributed by atoms with Gasteiger partial charge in [0.2, 0.25) is 0 Å². The van der Waals surface area contributed by atoms with E-state index in [1.165, 1.54) is 5.69 Å². The second-order valence-electron chi connectivity index (χ2n) is 6.94. The van der Waals surface area contributed by atoms with E-state index in [9.17, 15) is 0 Å². The van der Waals surface area contributed by atoms with Crippen LogP contribution in [0, 0.1) is 0 Å². The second-order valence-corrected chi connectivity index (χ2v) is 6.94. The lowest BCUT2D eigenvalue weighted by Gasteiger charge is -2.22. The van der Waals surface area contributed by atoms with Crippen LogP contribution >= 0.6 is 0 Å². The molecule has 0 bridgehead atoms. The van der Waals surface area contributed by atoms with Gasteiger partial charge < -0.3 is 25.0 Å². The van der Waals surface area contributed by atoms with Gasteiger partial charge in [-0.1, -0.05) is 30.3 Å². The van der Waals surface area contributed by atoms with Crippen LogP contribution in [0.2, 0.25) is 0 Å². The highest BCUT2D eigenvalue weighted by Gasteiger charge is 2.23. The van der Waals surface area contributed by atoms with Crippen molar-refractivity contribution < 1.29 is 9.47 Å². The molecule has 0 amide bonds. The van der Waals surface area contributed by atoms with Gasteiger partial charge in [0.05, 0.1) is 13.7 Å². The normalized spacial score (nSPS) is 17.9. The maximum Gasteiger partial charge on any atom is 0.191 e. The average Bonchev–Trinajstić information content (AvgIpc) is 3.20. The van der Waals surface area contributed by atoms with E-state index in [-0.39, 0.29) is 6.10 Å². The second kappa shape index (κ2) is 9.88. The van der Waals surface area contributed by atoms with Crippen LogP contribution in [-0.4, -0.2) is 51.9 Å². The van der Waals surface area contributed by atoms with E-state index in [1.54, 1.807) is 14.2 Å². The minimum absolute atomic E-state index is 0.0285. The van der Waals surface area contributed by atoms with E-state index < -0.39 is 0 Å². The van der Waals surface area contributed by atoms with Gasteiger partial charge in [-0.3, -0.25) is 4.99 Å². The molecular formula is C22H30N4O2. The number of aliphatic imine (C=N–C) groups is 1. The molecule has 1 fully saturated rings. The molecule has 0 radical (unpaired) electrons. The molecule has 2 unspecified atom stereocenters. The molecule has 6 heteroatoms. The molecule has 150 valence electrons. The molecule has 2 N–H and O–H groups in total. The van der Waals surface area contributed by atoms with Gasteiger partial charge >= 0.3 is 0 Å². The summed E-state index contributed by atoms with van der Waals surface area (Å²) in [5.74, 6) is 2.29. The Labute approximate surface area is 167 Å². The maximum absolute atomic E-state index is 6.00. The highest BCUT2D eigenvalue weighted by atomic mass is 16.5. The monoisotopic (exact) mass is 382 g/mol. The van der Waals surface area contributed by atoms with Crippen LogP contribution < -0.4 is 25.0 Å². The number of methoxy groups -OCH3 is 1. The number of guanidine groups is 1. The van der Waals surface area contributed by atoms with E-state index in [4.69, 9.17) is 9.47 Å². The largest absolute Gasteiger partial charge is 0.493 e. The van der Waals surface area contributed by atoms with Crippen molar-refractivity contribution in [2.75, 3.05) is 38.7 Å². The van der Waals surface area contributed by atoms with Crippen molar-refractivity contribution >= 4 is 11.6 Å². The molecule has 0 saturated carbocycles. The molecule has 2 atom stereocenters. The Kier molecular flexibility index (Phi) is 7.00. The summed E-state index contributed by atoms with van der Waals surface area (Å²) in [5.41, 5.74) is 1.27. The Morgan fingerprint density at radius 2 is 1.86 bits per heavy atom. The first kappa shape index (κ1) is 19.9. The number of benzene rings is 2. The molecule has 0 spiro atoms. The first-order chi connectivity index (χ1) is 13.7. The highest BCUT2D eigenvalue weighted by molar-refractivity contribution is 5.80. The first-order valence-electron chi connectivity index (χ1n) is 9.76. The van der Waals surface area contributed by atoms with Gasteiger partial charge in [0.25, 0.3) is 0 Å². The SMILES string of the molecule is CN=C(NCC(C)Oc1ccccc1OC)NC1CCN(c2ccccc2)C1. The van der Waals surface area contributed by atoms with E-state index in [2.05, 4.69) is 50.9 Å². The fourth-order valence-corrected chi connectivity index (χ4v) is 3.35.